The zero-order chi connectivity index (χ0) is 14.0. The largest absolute Gasteiger partial charge is 0.444 e. The normalized spacial score (nSPS) is 21.2. The van der Waals surface area contributed by atoms with E-state index in [4.69, 9.17) is 4.74 Å². The number of amides is 1. The lowest BCUT2D eigenvalue weighted by atomic mass is 10.1. The van der Waals surface area contributed by atoms with E-state index in [1.807, 2.05) is 25.7 Å². The minimum Gasteiger partial charge on any atom is -0.444 e. The van der Waals surface area contributed by atoms with Gasteiger partial charge in [0.25, 0.3) is 0 Å². The van der Waals surface area contributed by atoms with Crippen LogP contribution in [0.2, 0.25) is 0 Å². The van der Waals surface area contributed by atoms with Crippen molar-refractivity contribution in [3.05, 3.63) is 0 Å². The van der Waals surface area contributed by atoms with Crippen molar-refractivity contribution >= 4 is 6.09 Å². The SMILES string of the molecule is CC(C)(C)NCC1CCN(C(=O)OC(C)(C)C)C1. The van der Waals surface area contributed by atoms with Gasteiger partial charge in [-0.1, -0.05) is 0 Å². The minimum atomic E-state index is -0.404. The van der Waals surface area contributed by atoms with Gasteiger partial charge in [-0.3, -0.25) is 0 Å². The van der Waals surface area contributed by atoms with Crippen LogP contribution >= 0.6 is 0 Å². The highest BCUT2D eigenvalue weighted by Crippen LogP contribution is 2.19. The van der Waals surface area contributed by atoms with Gasteiger partial charge < -0.3 is 15.0 Å². The van der Waals surface area contributed by atoms with Crippen LogP contribution in [0, 0.1) is 5.92 Å². The Kier molecular flexibility index (Phi) is 4.65. The Morgan fingerprint density at radius 3 is 2.39 bits per heavy atom. The summed E-state index contributed by atoms with van der Waals surface area (Å²) in [6.07, 6.45) is 0.878. The van der Waals surface area contributed by atoms with Crippen molar-refractivity contribution in [3.63, 3.8) is 0 Å². The maximum absolute atomic E-state index is 11.9. The number of likely N-dealkylation sites (tertiary alicyclic amines) is 1. The molecule has 0 saturated carbocycles. The van der Waals surface area contributed by atoms with Crippen molar-refractivity contribution in [3.8, 4) is 0 Å². The third kappa shape index (κ3) is 5.71. The van der Waals surface area contributed by atoms with Gasteiger partial charge in [-0.05, 0) is 53.9 Å². The average molecular weight is 256 g/mol. The smallest absolute Gasteiger partial charge is 0.410 e. The quantitative estimate of drug-likeness (QED) is 0.826. The van der Waals surface area contributed by atoms with Crippen LogP contribution in [0.3, 0.4) is 0 Å². The molecule has 0 spiro atoms. The first kappa shape index (κ1) is 15.3. The number of carbonyl (C=O) groups is 1. The molecule has 0 aliphatic carbocycles. The summed E-state index contributed by atoms with van der Waals surface area (Å²) in [6, 6.07) is 0. The van der Waals surface area contributed by atoms with Crippen molar-refractivity contribution in [1.29, 1.82) is 0 Å². The van der Waals surface area contributed by atoms with Gasteiger partial charge in [-0.2, -0.15) is 0 Å². The molecule has 1 N–H and O–H groups in total. The summed E-state index contributed by atoms with van der Waals surface area (Å²) in [4.78, 5) is 13.7. The Labute approximate surface area is 111 Å². The van der Waals surface area contributed by atoms with Crippen LogP contribution in [0.15, 0.2) is 0 Å². The van der Waals surface area contributed by atoms with Gasteiger partial charge >= 0.3 is 6.09 Å². The Morgan fingerprint density at radius 1 is 1.28 bits per heavy atom. The van der Waals surface area contributed by atoms with E-state index in [0.29, 0.717) is 5.92 Å². The second kappa shape index (κ2) is 5.47. The van der Waals surface area contributed by atoms with Gasteiger partial charge in [-0.25, -0.2) is 4.79 Å². The zero-order valence-corrected chi connectivity index (χ0v) is 12.7. The molecule has 0 aromatic carbocycles. The van der Waals surface area contributed by atoms with Crippen LogP contribution in [0.1, 0.15) is 48.0 Å². The lowest BCUT2D eigenvalue weighted by Gasteiger charge is -2.25. The first-order chi connectivity index (χ1) is 8.07. The van der Waals surface area contributed by atoms with E-state index in [1.54, 1.807) is 0 Å². The lowest BCUT2D eigenvalue weighted by molar-refractivity contribution is 0.0288. The number of nitrogens with zero attached hydrogens (tertiary/aromatic N) is 1. The number of nitrogens with one attached hydrogen (secondary N) is 1. The highest BCUT2D eigenvalue weighted by Gasteiger charge is 2.30. The van der Waals surface area contributed by atoms with Gasteiger partial charge in [0.1, 0.15) is 5.60 Å². The number of carbonyl (C=O) groups excluding carboxylic acids is 1. The van der Waals surface area contributed by atoms with E-state index in [-0.39, 0.29) is 11.6 Å². The van der Waals surface area contributed by atoms with Crippen molar-refractivity contribution in [2.75, 3.05) is 19.6 Å². The predicted molar refractivity (Wildman–Crippen MR) is 73.7 cm³/mol. The fraction of sp³-hybridized carbons (Fsp3) is 0.929. The number of ether oxygens (including phenoxy) is 1. The van der Waals surface area contributed by atoms with Crippen LogP contribution in [0.4, 0.5) is 4.79 Å². The molecule has 1 fully saturated rings. The van der Waals surface area contributed by atoms with E-state index in [0.717, 1.165) is 26.1 Å². The van der Waals surface area contributed by atoms with Gasteiger partial charge in [0.05, 0.1) is 0 Å². The van der Waals surface area contributed by atoms with Crippen molar-refractivity contribution in [2.24, 2.45) is 5.92 Å². The monoisotopic (exact) mass is 256 g/mol. The van der Waals surface area contributed by atoms with E-state index < -0.39 is 5.60 Å². The maximum atomic E-state index is 11.9. The fourth-order valence-electron chi connectivity index (χ4n) is 1.94. The van der Waals surface area contributed by atoms with Crippen LogP contribution < -0.4 is 5.32 Å². The molecule has 106 valence electrons. The molecule has 1 heterocycles. The topological polar surface area (TPSA) is 41.6 Å². The molecular formula is C14H28N2O2. The molecule has 1 rings (SSSR count). The summed E-state index contributed by atoms with van der Waals surface area (Å²) in [5, 5.41) is 3.49. The molecule has 0 aromatic heterocycles. The van der Waals surface area contributed by atoms with Crippen LogP contribution in [-0.4, -0.2) is 41.8 Å². The van der Waals surface area contributed by atoms with Crippen LogP contribution in [0.5, 0.6) is 0 Å². The summed E-state index contributed by atoms with van der Waals surface area (Å²) in [5.41, 5.74) is -0.266. The lowest BCUT2D eigenvalue weighted by Crippen LogP contribution is -2.40. The third-order valence-corrected chi connectivity index (χ3v) is 2.86. The van der Waals surface area contributed by atoms with Gasteiger partial charge in [0.15, 0.2) is 0 Å². The summed E-state index contributed by atoms with van der Waals surface area (Å²) >= 11 is 0. The molecule has 0 bridgehead atoms. The Morgan fingerprint density at radius 2 is 1.89 bits per heavy atom. The molecule has 1 aliphatic heterocycles. The summed E-state index contributed by atoms with van der Waals surface area (Å²) in [6.45, 7) is 14.8. The second-order valence-electron chi connectivity index (χ2n) is 7.21. The molecule has 1 aliphatic rings. The summed E-state index contributed by atoms with van der Waals surface area (Å²) < 4.78 is 5.38. The van der Waals surface area contributed by atoms with Gasteiger partial charge in [0, 0.05) is 25.2 Å². The zero-order valence-electron chi connectivity index (χ0n) is 12.7. The molecular weight excluding hydrogens is 228 g/mol. The summed E-state index contributed by atoms with van der Waals surface area (Å²) in [5.74, 6) is 0.539. The molecule has 4 heteroatoms. The number of hydrogen-bond donors (Lipinski definition) is 1. The minimum absolute atomic E-state index is 0.138. The van der Waals surface area contributed by atoms with Crippen LogP contribution in [0.25, 0.3) is 0 Å². The second-order valence-corrected chi connectivity index (χ2v) is 7.21. The Hall–Kier alpha value is -0.770. The van der Waals surface area contributed by atoms with Crippen molar-refractivity contribution in [1.82, 2.24) is 10.2 Å². The van der Waals surface area contributed by atoms with Crippen molar-refractivity contribution < 1.29 is 9.53 Å². The molecule has 4 nitrogen and oxygen atoms in total. The Bertz CT molecular complexity index is 289. The van der Waals surface area contributed by atoms with E-state index in [2.05, 4.69) is 26.1 Å². The molecule has 1 saturated heterocycles. The summed E-state index contributed by atoms with van der Waals surface area (Å²) in [7, 11) is 0. The number of rotatable bonds is 2. The molecule has 18 heavy (non-hydrogen) atoms. The molecule has 0 aromatic rings. The van der Waals surface area contributed by atoms with E-state index >= 15 is 0 Å². The highest BCUT2D eigenvalue weighted by atomic mass is 16.6. The number of hydrogen-bond acceptors (Lipinski definition) is 3. The van der Waals surface area contributed by atoms with E-state index in [9.17, 15) is 4.79 Å². The molecule has 1 atom stereocenters. The molecule has 1 amide bonds. The van der Waals surface area contributed by atoms with Gasteiger partial charge in [-0.15, -0.1) is 0 Å². The first-order valence-corrected chi connectivity index (χ1v) is 6.80. The fourth-order valence-corrected chi connectivity index (χ4v) is 1.94. The average Bonchev–Trinajstić information content (AvgIpc) is 2.58. The highest BCUT2D eigenvalue weighted by molar-refractivity contribution is 5.68. The standard InChI is InChI=1S/C14H28N2O2/c1-13(2,3)15-9-11-7-8-16(10-11)12(17)18-14(4,5)6/h11,15H,7-10H2,1-6H3. The molecule has 0 radical (unpaired) electrons. The van der Waals surface area contributed by atoms with Gasteiger partial charge in [0.2, 0.25) is 0 Å². The van der Waals surface area contributed by atoms with Crippen LogP contribution in [-0.2, 0) is 4.74 Å². The third-order valence-electron chi connectivity index (χ3n) is 2.86. The van der Waals surface area contributed by atoms with Crippen molar-refractivity contribution in [2.45, 2.75) is 59.1 Å². The predicted octanol–water partition coefficient (Wildman–Crippen LogP) is 2.63. The first-order valence-electron chi connectivity index (χ1n) is 6.80. The maximum Gasteiger partial charge on any atom is 0.410 e. The van der Waals surface area contributed by atoms with E-state index in [1.165, 1.54) is 0 Å². The molecule has 1 unspecified atom stereocenters. The Balaban J connectivity index is 2.35.